The molecule has 0 fully saturated rings. The molecule has 0 N–H and O–H groups in total. The highest BCUT2D eigenvalue weighted by Crippen LogP contribution is 2.19. The highest BCUT2D eigenvalue weighted by molar-refractivity contribution is 7.99. The van der Waals surface area contributed by atoms with E-state index in [0.717, 1.165) is 22.3 Å². The molecule has 21 heavy (non-hydrogen) atoms. The van der Waals surface area contributed by atoms with Crippen molar-refractivity contribution < 1.29 is 0 Å². The van der Waals surface area contributed by atoms with Crippen LogP contribution in [0, 0.1) is 6.92 Å². The van der Waals surface area contributed by atoms with Crippen molar-refractivity contribution in [2.75, 3.05) is 5.75 Å². The molecule has 0 bridgehead atoms. The van der Waals surface area contributed by atoms with E-state index in [4.69, 9.17) is 0 Å². The molecule has 108 valence electrons. The smallest absolute Gasteiger partial charge is 0.303 e. The summed E-state index contributed by atoms with van der Waals surface area (Å²) in [5, 5.41) is 10.8. The van der Waals surface area contributed by atoms with Gasteiger partial charge in [0.1, 0.15) is 6.33 Å². The molecule has 0 saturated heterocycles. The zero-order chi connectivity index (χ0) is 14.7. The van der Waals surface area contributed by atoms with Gasteiger partial charge in [-0.05, 0) is 19.1 Å². The van der Waals surface area contributed by atoms with Crippen molar-refractivity contribution in [3.63, 3.8) is 0 Å². The Morgan fingerprint density at radius 2 is 2.10 bits per heavy atom. The molecule has 0 aliphatic carbocycles. The second-order valence-corrected chi connectivity index (χ2v) is 6.34. The van der Waals surface area contributed by atoms with Gasteiger partial charge in [0, 0.05) is 29.1 Å². The molecule has 0 atom stereocenters. The minimum Gasteiger partial charge on any atom is -0.303 e. The molecule has 0 unspecified atom stereocenters. The second-order valence-electron chi connectivity index (χ2n) is 4.46. The number of aromatic nitrogens is 4. The number of rotatable bonds is 5. The molecule has 3 rings (SSSR count). The summed E-state index contributed by atoms with van der Waals surface area (Å²) < 4.78 is 3.74. The van der Waals surface area contributed by atoms with Crippen molar-refractivity contribution in [3.05, 3.63) is 57.4 Å². The maximum absolute atomic E-state index is 11.7. The number of thioether (sulfide) groups is 1. The maximum atomic E-state index is 11.7. The summed E-state index contributed by atoms with van der Waals surface area (Å²) in [7, 11) is 0. The molecular formula is C14H14N4OS2. The average Bonchev–Trinajstić information content (AvgIpc) is 3.09. The van der Waals surface area contributed by atoms with Gasteiger partial charge in [-0.2, -0.15) is 0 Å². The molecule has 7 heteroatoms. The summed E-state index contributed by atoms with van der Waals surface area (Å²) in [5.41, 5.74) is 2.05. The molecule has 0 radical (unpaired) electrons. The Kier molecular flexibility index (Phi) is 4.21. The fourth-order valence-electron chi connectivity index (χ4n) is 1.99. The van der Waals surface area contributed by atoms with Gasteiger partial charge in [0.05, 0.1) is 0 Å². The summed E-state index contributed by atoms with van der Waals surface area (Å²) in [6.45, 7) is 2.63. The lowest BCUT2D eigenvalue weighted by Gasteiger charge is -2.06. The standard InChI is InChI=1S/C14H14N4OS2/c1-11-9-21-14(19)17(11)7-8-20-13-16-15-10-18(13)12-5-3-2-4-6-12/h2-6,9-10H,7-8H2,1H3. The van der Waals surface area contributed by atoms with Crippen molar-refractivity contribution in [1.29, 1.82) is 0 Å². The van der Waals surface area contributed by atoms with Gasteiger partial charge < -0.3 is 4.57 Å². The van der Waals surface area contributed by atoms with Crippen LogP contribution >= 0.6 is 23.1 Å². The molecule has 0 spiro atoms. The molecule has 5 nitrogen and oxygen atoms in total. The van der Waals surface area contributed by atoms with Gasteiger partial charge >= 0.3 is 4.87 Å². The van der Waals surface area contributed by atoms with Crippen LogP contribution in [0.5, 0.6) is 0 Å². The Labute approximate surface area is 130 Å². The summed E-state index contributed by atoms with van der Waals surface area (Å²) >= 11 is 2.84. The van der Waals surface area contributed by atoms with Gasteiger partial charge in [-0.1, -0.05) is 41.3 Å². The number of hydrogen-bond donors (Lipinski definition) is 0. The quantitative estimate of drug-likeness (QED) is 0.679. The van der Waals surface area contributed by atoms with Gasteiger partial charge in [0.25, 0.3) is 0 Å². The molecule has 2 aromatic heterocycles. The second kappa shape index (κ2) is 6.28. The molecule has 1 aromatic carbocycles. The first kappa shape index (κ1) is 14.1. The van der Waals surface area contributed by atoms with Crippen molar-refractivity contribution >= 4 is 23.1 Å². The molecule has 0 aliphatic rings. The largest absolute Gasteiger partial charge is 0.307 e. The first-order valence-corrected chi connectivity index (χ1v) is 8.35. The Morgan fingerprint density at radius 1 is 1.29 bits per heavy atom. The predicted octanol–water partition coefficient (Wildman–Crippen LogP) is 2.59. The minimum absolute atomic E-state index is 0.0950. The Balaban J connectivity index is 1.70. The Morgan fingerprint density at radius 3 is 2.81 bits per heavy atom. The molecular weight excluding hydrogens is 304 g/mol. The van der Waals surface area contributed by atoms with Crippen molar-refractivity contribution in [2.24, 2.45) is 0 Å². The van der Waals surface area contributed by atoms with Crippen molar-refractivity contribution in [2.45, 2.75) is 18.6 Å². The zero-order valence-corrected chi connectivity index (χ0v) is 13.1. The van der Waals surface area contributed by atoms with E-state index in [9.17, 15) is 4.79 Å². The van der Waals surface area contributed by atoms with E-state index in [1.165, 1.54) is 11.3 Å². The topological polar surface area (TPSA) is 52.7 Å². The predicted molar refractivity (Wildman–Crippen MR) is 85.4 cm³/mol. The van der Waals surface area contributed by atoms with E-state index in [1.807, 2.05) is 47.2 Å². The van der Waals surface area contributed by atoms with Crippen LogP contribution in [0.25, 0.3) is 5.69 Å². The van der Waals surface area contributed by atoms with Crippen LogP contribution < -0.4 is 4.87 Å². The number of aryl methyl sites for hydroxylation is 1. The van der Waals surface area contributed by atoms with E-state index >= 15 is 0 Å². The van der Waals surface area contributed by atoms with Gasteiger partial charge in [-0.15, -0.1) is 10.2 Å². The van der Waals surface area contributed by atoms with Crippen LogP contribution in [0.1, 0.15) is 5.69 Å². The first-order chi connectivity index (χ1) is 10.3. The normalized spacial score (nSPS) is 10.9. The van der Waals surface area contributed by atoms with Crippen LogP contribution in [-0.4, -0.2) is 25.1 Å². The SMILES string of the molecule is Cc1csc(=O)n1CCSc1nncn1-c1ccccc1. The van der Waals surface area contributed by atoms with E-state index in [1.54, 1.807) is 22.7 Å². The lowest BCUT2D eigenvalue weighted by Crippen LogP contribution is -2.16. The first-order valence-electron chi connectivity index (χ1n) is 6.49. The van der Waals surface area contributed by atoms with Gasteiger partial charge in [-0.25, -0.2) is 0 Å². The van der Waals surface area contributed by atoms with E-state index in [0.29, 0.717) is 6.54 Å². The zero-order valence-electron chi connectivity index (χ0n) is 11.5. The van der Waals surface area contributed by atoms with Crippen molar-refractivity contribution in [3.8, 4) is 5.69 Å². The van der Waals surface area contributed by atoms with Crippen LogP contribution in [0.2, 0.25) is 0 Å². The molecule has 0 saturated carbocycles. The van der Waals surface area contributed by atoms with E-state index in [-0.39, 0.29) is 4.87 Å². The molecule has 3 aromatic rings. The minimum atomic E-state index is 0.0950. The third kappa shape index (κ3) is 3.08. The highest BCUT2D eigenvalue weighted by atomic mass is 32.2. The summed E-state index contributed by atoms with van der Waals surface area (Å²) in [4.78, 5) is 11.8. The number of benzene rings is 1. The molecule has 0 aliphatic heterocycles. The lowest BCUT2D eigenvalue weighted by atomic mass is 10.3. The van der Waals surface area contributed by atoms with Gasteiger partial charge in [0.15, 0.2) is 5.16 Å². The third-order valence-corrected chi connectivity index (χ3v) is 4.88. The fourth-order valence-corrected chi connectivity index (χ4v) is 3.61. The number of thiazole rings is 1. The summed E-state index contributed by atoms with van der Waals surface area (Å²) in [5.74, 6) is 0.781. The summed E-state index contributed by atoms with van der Waals surface area (Å²) in [6.07, 6.45) is 1.71. The number of nitrogens with zero attached hydrogens (tertiary/aromatic N) is 4. The highest BCUT2D eigenvalue weighted by Gasteiger charge is 2.08. The number of para-hydroxylation sites is 1. The lowest BCUT2D eigenvalue weighted by molar-refractivity contribution is 0.729. The monoisotopic (exact) mass is 318 g/mol. The third-order valence-electron chi connectivity index (χ3n) is 3.07. The maximum Gasteiger partial charge on any atom is 0.307 e. The average molecular weight is 318 g/mol. The molecule has 0 amide bonds. The van der Waals surface area contributed by atoms with Crippen LogP contribution in [0.4, 0.5) is 0 Å². The Bertz CT molecular complexity index is 776. The van der Waals surface area contributed by atoms with Crippen molar-refractivity contribution in [1.82, 2.24) is 19.3 Å². The van der Waals surface area contributed by atoms with E-state index in [2.05, 4.69) is 10.2 Å². The summed E-state index contributed by atoms with van der Waals surface area (Å²) in [6, 6.07) is 9.98. The van der Waals surface area contributed by atoms with Gasteiger partial charge in [-0.3, -0.25) is 9.36 Å². The Hall–Kier alpha value is -1.86. The van der Waals surface area contributed by atoms with Gasteiger partial charge in [0.2, 0.25) is 0 Å². The fraction of sp³-hybridized carbons (Fsp3) is 0.214. The molecule has 2 heterocycles. The van der Waals surface area contributed by atoms with Crippen LogP contribution in [-0.2, 0) is 6.54 Å². The van der Waals surface area contributed by atoms with Crippen LogP contribution in [0.3, 0.4) is 0 Å². The van der Waals surface area contributed by atoms with Crippen LogP contribution in [0.15, 0.2) is 52.0 Å². The number of hydrogen-bond acceptors (Lipinski definition) is 5. The van der Waals surface area contributed by atoms with E-state index < -0.39 is 0 Å².